The third-order valence-corrected chi connectivity index (χ3v) is 3.05. The van der Waals surface area contributed by atoms with Crippen LogP contribution >= 0.6 is 24.0 Å². The quantitative estimate of drug-likeness (QED) is 0.257. The first-order chi connectivity index (χ1) is 8.11. The van der Waals surface area contributed by atoms with E-state index in [0.717, 1.165) is 45.1 Å². The predicted molar refractivity (Wildman–Crippen MR) is 87.8 cm³/mol. The Balaban J connectivity index is 0.00000289. The highest BCUT2D eigenvalue weighted by Gasteiger charge is 2.33. The fourth-order valence-electron chi connectivity index (χ4n) is 1.81. The molecule has 1 aliphatic heterocycles. The van der Waals surface area contributed by atoms with E-state index in [1.807, 2.05) is 13.1 Å². The second-order valence-electron chi connectivity index (χ2n) is 5.06. The van der Waals surface area contributed by atoms with E-state index in [9.17, 15) is 0 Å². The highest BCUT2D eigenvalue weighted by molar-refractivity contribution is 14.0. The van der Waals surface area contributed by atoms with Crippen molar-refractivity contribution in [1.82, 2.24) is 10.2 Å². The number of nitrogens with one attached hydrogen (secondary N) is 1. The maximum absolute atomic E-state index is 5.24. The number of halogens is 1. The van der Waals surface area contributed by atoms with Gasteiger partial charge in [-0.3, -0.25) is 4.99 Å². The molecule has 4 nitrogen and oxygen atoms in total. The van der Waals surface area contributed by atoms with Gasteiger partial charge in [0.25, 0.3) is 0 Å². The lowest BCUT2D eigenvalue weighted by atomic mass is 9.89. The van der Waals surface area contributed by atoms with Crippen molar-refractivity contribution in [2.45, 2.75) is 19.8 Å². The van der Waals surface area contributed by atoms with Crippen LogP contribution in [0.4, 0.5) is 0 Å². The lowest BCUT2D eigenvalue weighted by Gasteiger charge is -2.39. The van der Waals surface area contributed by atoms with Crippen LogP contribution in [0.1, 0.15) is 19.8 Å². The summed E-state index contributed by atoms with van der Waals surface area (Å²) in [5.74, 6) is 0.960. The minimum absolute atomic E-state index is 0. The van der Waals surface area contributed by atoms with Crippen molar-refractivity contribution in [3.8, 4) is 0 Å². The molecule has 1 heterocycles. The topological polar surface area (TPSA) is 36.9 Å². The number of allylic oxidation sites excluding steroid dienone is 1. The van der Waals surface area contributed by atoms with E-state index >= 15 is 0 Å². The van der Waals surface area contributed by atoms with Gasteiger partial charge in [0, 0.05) is 32.6 Å². The number of aliphatic imine (C=N–C) groups is 1. The standard InChI is InChI=1S/C13H25N3O.HI/c1-5-6-7-8-16(4)12(14-3)15-9-13(2)10-17-11-13;/h5H,1,6-11H2,2-4H3,(H,14,15);1H. The molecule has 1 fully saturated rings. The zero-order valence-corrected chi connectivity index (χ0v) is 14.1. The minimum atomic E-state index is 0. The molecule has 0 aliphatic carbocycles. The SMILES string of the molecule is C=CCCCN(C)C(=NC)NCC1(C)COC1.I. The van der Waals surface area contributed by atoms with Gasteiger partial charge in [0.05, 0.1) is 13.2 Å². The van der Waals surface area contributed by atoms with Crippen molar-refractivity contribution in [1.29, 1.82) is 0 Å². The highest BCUT2D eigenvalue weighted by atomic mass is 127. The van der Waals surface area contributed by atoms with Crippen molar-refractivity contribution in [3.05, 3.63) is 12.7 Å². The summed E-state index contributed by atoms with van der Waals surface area (Å²) < 4.78 is 5.24. The molecule has 0 saturated carbocycles. The van der Waals surface area contributed by atoms with Gasteiger partial charge in [-0.2, -0.15) is 0 Å². The molecule has 0 unspecified atom stereocenters. The zero-order valence-electron chi connectivity index (χ0n) is 11.7. The molecule has 1 rings (SSSR count). The molecule has 5 heteroatoms. The van der Waals surface area contributed by atoms with E-state index in [1.54, 1.807) is 0 Å². The van der Waals surface area contributed by atoms with Crippen LogP contribution in [0.3, 0.4) is 0 Å². The average Bonchev–Trinajstić information content (AvgIpc) is 2.28. The Labute approximate surface area is 128 Å². The first-order valence-electron chi connectivity index (χ1n) is 6.22. The molecule has 0 aromatic rings. The van der Waals surface area contributed by atoms with Crippen molar-refractivity contribution in [2.75, 3.05) is 40.4 Å². The monoisotopic (exact) mass is 367 g/mol. The van der Waals surface area contributed by atoms with Gasteiger partial charge in [0.15, 0.2) is 5.96 Å². The van der Waals surface area contributed by atoms with Crippen LogP contribution in [0.25, 0.3) is 0 Å². The van der Waals surface area contributed by atoms with E-state index in [1.165, 1.54) is 0 Å². The molecule has 1 N–H and O–H groups in total. The van der Waals surface area contributed by atoms with Gasteiger partial charge < -0.3 is 15.0 Å². The maximum atomic E-state index is 5.24. The first-order valence-corrected chi connectivity index (χ1v) is 6.22. The molecule has 18 heavy (non-hydrogen) atoms. The molecular formula is C13H26IN3O. The molecule has 0 radical (unpaired) electrons. The molecule has 0 aromatic carbocycles. The lowest BCUT2D eigenvalue weighted by molar-refractivity contribution is -0.0972. The summed E-state index contributed by atoms with van der Waals surface area (Å²) in [6.45, 7) is 9.57. The van der Waals surface area contributed by atoms with Crippen molar-refractivity contribution >= 4 is 29.9 Å². The third-order valence-electron chi connectivity index (χ3n) is 3.05. The van der Waals surface area contributed by atoms with Crippen LogP contribution < -0.4 is 5.32 Å². The number of hydrogen-bond acceptors (Lipinski definition) is 2. The first kappa shape index (κ1) is 17.7. The summed E-state index contributed by atoms with van der Waals surface area (Å²) in [7, 11) is 3.89. The van der Waals surface area contributed by atoms with Crippen LogP contribution in [0.5, 0.6) is 0 Å². The van der Waals surface area contributed by atoms with Crippen LogP contribution in [0.2, 0.25) is 0 Å². The summed E-state index contributed by atoms with van der Waals surface area (Å²) in [4.78, 5) is 6.45. The Morgan fingerprint density at radius 2 is 2.22 bits per heavy atom. The van der Waals surface area contributed by atoms with Gasteiger partial charge in [-0.15, -0.1) is 30.6 Å². The Bertz CT molecular complexity index is 277. The van der Waals surface area contributed by atoms with Crippen molar-refractivity contribution in [2.24, 2.45) is 10.4 Å². The Hall–Kier alpha value is -0.300. The molecule has 106 valence electrons. The minimum Gasteiger partial charge on any atom is -0.380 e. The van der Waals surface area contributed by atoms with Gasteiger partial charge in [-0.1, -0.05) is 13.0 Å². The van der Waals surface area contributed by atoms with Crippen molar-refractivity contribution < 1.29 is 4.74 Å². The van der Waals surface area contributed by atoms with Crippen LogP contribution in [0, 0.1) is 5.41 Å². The number of hydrogen-bond donors (Lipinski definition) is 1. The predicted octanol–water partition coefficient (Wildman–Crippen LogP) is 2.11. The summed E-state index contributed by atoms with van der Waals surface area (Å²) in [5.41, 5.74) is 0.276. The lowest BCUT2D eigenvalue weighted by Crippen LogP contribution is -2.51. The summed E-state index contributed by atoms with van der Waals surface area (Å²) >= 11 is 0. The number of guanidine groups is 1. The molecule has 1 saturated heterocycles. The van der Waals surface area contributed by atoms with Crippen LogP contribution in [0.15, 0.2) is 17.6 Å². The number of ether oxygens (including phenoxy) is 1. The summed E-state index contributed by atoms with van der Waals surface area (Å²) in [6, 6.07) is 0. The average molecular weight is 367 g/mol. The molecule has 0 spiro atoms. The van der Waals surface area contributed by atoms with Crippen LogP contribution in [-0.2, 0) is 4.74 Å². The largest absolute Gasteiger partial charge is 0.380 e. The van der Waals surface area contributed by atoms with E-state index in [4.69, 9.17) is 4.74 Å². The fraction of sp³-hybridized carbons (Fsp3) is 0.769. The molecule has 1 aliphatic rings. The van der Waals surface area contributed by atoms with Gasteiger partial charge in [0.2, 0.25) is 0 Å². The van der Waals surface area contributed by atoms with Gasteiger partial charge in [-0.25, -0.2) is 0 Å². The smallest absolute Gasteiger partial charge is 0.193 e. The number of rotatable bonds is 6. The van der Waals surface area contributed by atoms with Gasteiger partial charge in [0.1, 0.15) is 0 Å². The summed E-state index contributed by atoms with van der Waals surface area (Å²) in [5, 5.41) is 3.41. The second kappa shape index (κ2) is 8.74. The maximum Gasteiger partial charge on any atom is 0.193 e. The van der Waals surface area contributed by atoms with E-state index in [0.29, 0.717) is 0 Å². The zero-order chi connectivity index (χ0) is 12.7. The normalized spacial score (nSPS) is 17.4. The molecular weight excluding hydrogens is 341 g/mol. The van der Waals surface area contributed by atoms with E-state index < -0.39 is 0 Å². The van der Waals surface area contributed by atoms with E-state index in [2.05, 4.69) is 35.8 Å². The highest BCUT2D eigenvalue weighted by Crippen LogP contribution is 2.25. The molecule has 0 bridgehead atoms. The Morgan fingerprint density at radius 1 is 1.56 bits per heavy atom. The van der Waals surface area contributed by atoms with Gasteiger partial charge >= 0.3 is 0 Å². The van der Waals surface area contributed by atoms with Crippen molar-refractivity contribution in [3.63, 3.8) is 0 Å². The van der Waals surface area contributed by atoms with Crippen LogP contribution in [-0.4, -0.2) is 51.3 Å². The van der Waals surface area contributed by atoms with Gasteiger partial charge in [-0.05, 0) is 12.8 Å². The molecule has 0 amide bonds. The molecule has 0 aromatic heterocycles. The number of unbranched alkanes of at least 4 members (excludes halogenated alkanes) is 1. The second-order valence-corrected chi connectivity index (χ2v) is 5.06. The fourth-order valence-corrected chi connectivity index (χ4v) is 1.81. The van der Waals surface area contributed by atoms with E-state index in [-0.39, 0.29) is 29.4 Å². The summed E-state index contributed by atoms with van der Waals surface area (Å²) in [6.07, 6.45) is 4.12. The Kier molecular flexibility index (Phi) is 8.60. The number of nitrogens with zero attached hydrogens (tertiary/aromatic N) is 2. The molecule has 0 atom stereocenters. The third kappa shape index (κ3) is 5.56. The Morgan fingerprint density at radius 3 is 2.67 bits per heavy atom.